The summed E-state index contributed by atoms with van der Waals surface area (Å²) in [6.45, 7) is 1.28. The number of hydrogen-bond donors (Lipinski definition) is 2. The molecular weight excluding hydrogens is 370 g/mol. The van der Waals surface area contributed by atoms with Gasteiger partial charge in [-0.1, -0.05) is 23.4 Å². The number of benzene rings is 1. The highest BCUT2D eigenvalue weighted by Crippen LogP contribution is 2.25. The number of amides is 2. The summed E-state index contributed by atoms with van der Waals surface area (Å²) >= 11 is 0. The van der Waals surface area contributed by atoms with Crippen LogP contribution >= 0.6 is 0 Å². The predicted octanol–water partition coefficient (Wildman–Crippen LogP) is 1.63. The molecule has 2 amide bonds. The van der Waals surface area contributed by atoms with Gasteiger partial charge in [0.2, 0.25) is 5.91 Å². The van der Waals surface area contributed by atoms with Crippen LogP contribution in [0.25, 0.3) is 16.5 Å². The monoisotopic (exact) mass is 393 g/mol. The van der Waals surface area contributed by atoms with Gasteiger partial charge in [0.1, 0.15) is 5.69 Å². The van der Waals surface area contributed by atoms with Crippen molar-refractivity contribution >= 4 is 28.3 Å². The molecule has 9 nitrogen and oxygen atoms in total. The first-order valence-electron chi connectivity index (χ1n) is 9.55. The fraction of sp³-hybridized carbons (Fsp3) is 0.350. The number of rotatable bonds is 5. The largest absolute Gasteiger partial charge is 0.351 e. The Morgan fingerprint density at radius 2 is 2.10 bits per heavy atom. The molecule has 3 heterocycles. The van der Waals surface area contributed by atoms with Crippen LogP contribution in [-0.4, -0.2) is 74.4 Å². The first-order chi connectivity index (χ1) is 14.0. The molecule has 0 unspecified atom stereocenters. The second-order valence-corrected chi connectivity index (χ2v) is 7.35. The van der Waals surface area contributed by atoms with Gasteiger partial charge in [-0.2, -0.15) is 5.21 Å². The standard InChI is InChI=1S/C20H23N7O2/c1-26(2)20(29)17-11-14-6-5-13(10-16(14)21-17)15-4-3-9-27(12-15)19(28)8-7-18-22-24-25-23-18/h4-6,10-11,21H,3,7-9,12H2,1-2H3,(H,22,23,24,25). The van der Waals surface area contributed by atoms with Gasteiger partial charge in [0.15, 0.2) is 5.82 Å². The molecule has 29 heavy (non-hydrogen) atoms. The van der Waals surface area contributed by atoms with Gasteiger partial charge in [-0.25, -0.2) is 0 Å². The van der Waals surface area contributed by atoms with E-state index in [9.17, 15) is 9.59 Å². The van der Waals surface area contributed by atoms with Crippen LogP contribution in [-0.2, 0) is 11.2 Å². The van der Waals surface area contributed by atoms with Crippen molar-refractivity contribution in [2.24, 2.45) is 0 Å². The summed E-state index contributed by atoms with van der Waals surface area (Å²) in [4.78, 5) is 31.4. The average Bonchev–Trinajstić information content (AvgIpc) is 3.40. The van der Waals surface area contributed by atoms with Crippen molar-refractivity contribution in [2.45, 2.75) is 19.3 Å². The lowest BCUT2D eigenvalue weighted by Gasteiger charge is -2.27. The van der Waals surface area contributed by atoms with Crippen LogP contribution in [0.1, 0.15) is 34.7 Å². The first kappa shape index (κ1) is 18.9. The van der Waals surface area contributed by atoms with Gasteiger partial charge in [-0.15, -0.1) is 10.2 Å². The number of aryl methyl sites for hydroxylation is 1. The smallest absolute Gasteiger partial charge is 0.269 e. The highest BCUT2D eigenvalue weighted by molar-refractivity contribution is 5.98. The Balaban J connectivity index is 1.47. The van der Waals surface area contributed by atoms with Crippen molar-refractivity contribution in [1.82, 2.24) is 35.4 Å². The molecule has 0 fully saturated rings. The number of aromatic nitrogens is 5. The van der Waals surface area contributed by atoms with E-state index in [2.05, 4.69) is 31.7 Å². The Kier molecular flexibility index (Phi) is 5.11. The highest BCUT2D eigenvalue weighted by Gasteiger charge is 2.20. The summed E-state index contributed by atoms with van der Waals surface area (Å²) in [6.07, 6.45) is 3.83. The Labute approximate surface area is 167 Å². The number of tetrazole rings is 1. The second kappa shape index (κ2) is 7.86. The fourth-order valence-corrected chi connectivity index (χ4v) is 3.51. The topological polar surface area (TPSA) is 111 Å². The molecule has 4 rings (SSSR count). The van der Waals surface area contributed by atoms with E-state index in [1.54, 1.807) is 19.0 Å². The van der Waals surface area contributed by atoms with Gasteiger partial charge in [-0.3, -0.25) is 9.59 Å². The number of nitrogens with one attached hydrogen (secondary N) is 2. The van der Waals surface area contributed by atoms with Crippen LogP contribution in [0.5, 0.6) is 0 Å². The molecule has 0 atom stereocenters. The molecular formula is C20H23N7O2. The van der Waals surface area contributed by atoms with Gasteiger partial charge in [0, 0.05) is 50.9 Å². The zero-order valence-electron chi connectivity index (χ0n) is 16.5. The Morgan fingerprint density at radius 3 is 2.86 bits per heavy atom. The molecule has 2 N–H and O–H groups in total. The minimum Gasteiger partial charge on any atom is -0.351 e. The number of fused-ring (bicyclic) bond motifs is 1. The minimum absolute atomic E-state index is 0.0574. The molecule has 0 bridgehead atoms. The lowest BCUT2D eigenvalue weighted by molar-refractivity contribution is -0.130. The van der Waals surface area contributed by atoms with Crippen LogP contribution in [0, 0.1) is 0 Å². The van der Waals surface area contributed by atoms with Crippen LogP contribution in [0.2, 0.25) is 0 Å². The van der Waals surface area contributed by atoms with Crippen molar-refractivity contribution in [1.29, 1.82) is 0 Å². The molecule has 1 aliphatic rings. The van der Waals surface area contributed by atoms with Crippen LogP contribution in [0.4, 0.5) is 0 Å². The molecule has 1 aliphatic heterocycles. The summed E-state index contributed by atoms with van der Waals surface area (Å²) < 4.78 is 0. The molecule has 0 radical (unpaired) electrons. The highest BCUT2D eigenvalue weighted by atomic mass is 16.2. The van der Waals surface area contributed by atoms with E-state index in [0.29, 0.717) is 37.4 Å². The SMILES string of the molecule is CN(C)C(=O)c1cc2ccc(C3=CCCN(C(=O)CCc4nn[nH]n4)C3)cc2[nH]1. The van der Waals surface area contributed by atoms with Crippen molar-refractivity contribution in [3.63, 3.8) is 0 Å². The number of nitrogens with zero attached hydrogens (tertiary/aromatic N) is 5. The Morgan fingerprint density at radius 1 is 1.24 bits per heavy atom. The Hall–Kier alpha value is -3.49. The lowest BCUT2D eigenvalue weighted by atomic mass is 10.00. The van der Waals surface area contributed by atoms with Crippen molar-refractivity contribution in [2.75, 3.05) is 27.2 Å². The Bertz CT molecular complexity index is 1070. The van der Waals surface area contributed by atoms with Gasteiger partial charge in [0.25, 0.3) is 5.91 Å². The second-order valence-electron chi connectivity index (χ2n) is 7.35. The summed E-state index contributed by atoms with van der Waals surface area (Å²) in [7, 11) is 3.47. The summed E-state index contributed by atoms with van der Waals surface area (Å²) in [5.41, 5.74) is 3.65. The van der Waals surface area contributed by atoms with Gasteiger partial charge in [-0.05, 0) is 29.7 Å². The van der Waals surface area contributed by atoms with Crippen molar-refractivity contribution in [3.8, 4) is 0 Å². The zero-order valence-corrected chi connectivity index (χ0v) is 16.5. The number of aromatic amines is 2. The molecule has 0 saturated heterocycles. The zero-order chi connectivity index (χ0) is 20.4. The van der Waals surface area contributed by atoms with Gasteiger partial charge < -0.3 is 14.8 Å². The maximum atomic E-state index is 12.6. The van der Waals surface area contributed by atoms with E-state index in [-0.39, 0.29) is 11.8 Å². The van der Waals surface area contributed by atoms with Gasteiger partial charge in [0.05, 0.1) is 0 Å². The van der Waals surface area contributed by atoms with Crippen LogP contribution in [0.15, 0.2) is 30.3 Å². The molecule has 3 aromatic rings. The first-order valence-corrected chi connectivity index (χ1v) is 9.55. The number of carbonyl (C=O) groups is 2. The quantitative estimate of drug-likeness (QED) is 0.684. The number of hydrogen-bond acceptors (Lipinski definition) is 5. The number of carbonyl (C=O) groups excluding carboxylic acids is 2. The van der Waals surface area contributed by atoms with E-state index < -0.39 is 0 Å². The molecule has 1 aromatic carbocycles. The minimum atomic E-state index is -0.0574. The maximum Gasteiger partial charge on any atom is 0.269 e. The van der Waals surface area contributed by atoms with Gasteiger partial charge >= 0.3 is 0 Å². The van der Waals surface area contributed by atoms with Crippen LogP contribution < -0.4 is 0 Å². The third kappa shape index (κ3) is 4.03. The number of H-pyrrole nitrogens is 2. The molecule has 0 saturated carbocycles. The third-order valence-electron chi connectivity index (χ3n) is 5.09. The summed E-state index contributed by atoms with van der Waals surface area (Å²) in [6, 6.07) is 7.95. The maximum absolute atomic E-state index is 12.6. The molecule has 2 aromatic heterocycles. The molecule has 0 spiro atoms. The predicted molar refractivity (Wildman–Crippen MR) is 108 cm³/mol. The van der Waals surface area contributed by atoms with E-state index >= 15 is 0 Å². The lowest BCUT2D eigenvalue weighted by Crippen LogP contribution is -2.35. The van der Waals surface area contributed by atoms with Crippen LogP contribution in [0.3, 0.4) is 0 Å². The molecule has 9 heteroatoms. The van der Waals surface area contributed by atoms with E-state index in [4.69, 9.17) is 0 Å². The third-order valence-corrected chi connectivity index (χ3v) is 5.09. The average molecular weight is 393 g/mol. The summed E-state index contributed by atoms with van der Waals surface area (Å²) in [5.74, 6) is 0.574. The van der Waals surface area contributed by atoms with E-state index in [1.165, 1.54) is 0 Å². The fourth-order valence-electron chi connectivity index (χ4n) is 3.51. The van der Waals surface area contributed by atoms with E-state index in [1.807, 2.05) is 29.2 Å². The normalized spacial score (nSPS) is 14.1. The van der Waals surface area contributed by atoms with Crippen molar-refractivity contribution in [3.05, 3.63) is 47.4 Å². The summed E-state index contributed by atoms with van der Waals surface area (Å²) in [5, 5.41) is 14.7. The van der Waals surface area contributed by atoms with E-state index in [0.717, 1.165) is 28.5 Å². The van der Waals surface area contributed by atoms with Crippen molar-refractivity contribution < 1.29 is 9.59 Å². The molecule has 0 aliphatic carbocycles. The molecule has 150 valence electrons.